The van der Waals surface area contributed by atoms with E-state index in [0.717, 1.165) is 24.3 Å². The van der Waals surface area contributed by atoms with Gasteiger partial charge in [-0.25, -0.2) is 4.79 Å². The molecule has 2 N–H and O–H groups in total. The summed E-state index contributed by atoms with van der Waals surface area (Å²) in [6.07, 6.45) is 0. The van der Waals surface area contributed by atoms with Crippen molar-refractivity contribution in [3.8, 4) is 5.75 Å². The van der Waals surface area contributed by atoms with E-state index in [9.17, 15) is 9.59 Å². The summed E-state index contributed by atoms with van der Waals surface area (Å²) in [5, 5.41) is 11.5. The topological polar surface area (TPSA) is 88.1 Å². The van der Waals surface area contributed by atoms with Gasteiger partial charge in [-0.2, -0.15) is 0 Å². The summed E-state index contributed by atoms with van der Waals surface area (Å²) in [6.45, 7) is 4.55. The molecule has 0 bridgehead atoms. The Labute approximate surface area is 157 Å². The van der Waals surface area contributed by atoms with E-state index in [1.165, 1.54) is 0 Å². The molecule has 27 heavy (non-hydrogen) atoms. The molecule has 1 aliphatic rings. The molecule has 7 heteroatoms. The Morgan fingerprint density at radius 3 is 2.48 bits per heavy atom. The summed E-state index contributed by atoms with van der Waals surface area (Å²) in [6, 6.07) is 12.5. The lowest BCUT2D eigenvalue weighted by molar-refractivity contribution is -0.139. The van der Waals surface area contributed by atoms with Gasteiger partial charge in [0.15, 0.2) is 6.61 Å². The smallest absolute Gasteiger partial charge is 0.341 e. The molecule has 2 aromatic carbocycles. The molecule has 0 aliphatic carbocycles. The van der Waals surface area contributed by atoms with Crippen molar-refractivity contribution in [2.24, 2.45) is 0 Å². The van der Waals surface area contributed by atoms with Crippen LogP contribution in [0.2, 0.25) is 0 Å². The summed E-state index contributed by atoms with van der Waals surface area (Å²) in [5.41, 5.74) is 3.08. The number of hydrogen-bond acceptors (Lipinski definition) is 5. The molecule has 0 aromatic heterocycles. The molecule has 0 radical (unpaired) electrons. The van der Waals surface area contributed by atoms with E-state index in [4.69, 9.17) is 14.6 Å². The van der Waals surface area contributed by atoms with Gasteiger partial charge in [0.1, 0.15) is 5.75 Å². The first kappa shape index (κ1) is 18.7. The monoisotopic (exact) mass is 370 g/mol. The van der Waals surface area contributed by atoms with Gasteiger partial charge < -0.3 is 24.8 Å². The number of amides is 1. The van der Waals surface area contributed by atoms with Gasteiger partial charge in [-0.3, -0.25) is 4.79 Å². The highest BCUT2D eigenvalue weighted by molar-refractivity contribution is 6.04. The van der Waals surface area contributed by atoms with Gasteiger partial charge >= 0.3 is 5.97 Å². The number of nitrogens with zero attached hydrogens (tertiary/aromatic N) is 1. The zero-order chi connectivity index (χ0) is 19.2. The van der Waals surface area contributed by atoms with Crippen LogP contribution in [0.15, 0.2) is 42.5 Å². The maximum absolute atomic E-state index is 12.5. The minimum absolute atomic E-state index is 0.203. The van der Waals surface area contributed by atoms with Crippen molar-refractivity contribution in [1.29, 1.82) is 0 Å². The molecule has 1 heterocycles. The summed E-state index contributed by atoms with van der Waals surface area (Å²) >= 11 is 0. The van der Waals surface area contributed by atoms with Crippen LogP contribution in [0, 0.1) is 6.92 Å². The Kier molecular flexibility index (Phi) is 5.93. The molecule has 1 saturated heterocycles. The Hall–Kier alpha value is -3.06. The van der Waals surface area contributed by atoms with Gasteiger partial charge in [0.05, 0.1) is 13.2 Å². The number of ether oxygens (including phenoxy) is 2. The Bertz CT molecular complexity index is 814. The van der Waals surface area contributed by atoms with Crippen LogP contribution in [0.5, 0.6) is 5.75 Å². The van der Waals surface area contributed by atoms with Crippen LogP contribution >= 0.6 is 0 Å². The highest BCUT2D eigenvalue weighted by atomic mass is 16.5. The van der Waals surface area contributed by atoms with Crippen LogP contribution in [-0.2, 0) is 9.53 Å². The molecule has 0 atom stereocenters. The molecule has 7 nitrogen and oxygen atoms in total. The standard InChI is InChI=1S/C20H22N2O5/c1-14-12-17(27-13-19(23)24)6-7-18(14)21-20(25)15-2-4-16(5-3-15)22-8-10-26-11-9-22/h2-7,12H,8-11,13H2,1H3,(H,21,25)(H,23,24). The molecule has 0 saturated carbocycles. The molecule has 1 aliphatic heterocycles. The lowest BCUT2D eigenvalue weighted by Gasteiger charge is -2.28. The Morgan fingerprint density at radius 1 is 1.15 bits per heavy atom. The van der Waals surface area contributed by atoms with E-state index in [2.05, 4.69) is 10.2 Å². The van der Waals surface area contributed by atoms with Crippen molar-refractivity contribution >= 4 is 23.3 Å². The van der Waals surface area contributed by atoms with Crippen molar-refractivity contribution in [2.75, 3.05) is 43.1 Å². The molecule has 1 amide bonds. The number of benzene rings is 2. The number of aliphatic carboxylic acids is 1. The number of rotatable bonds is 6. The lowest BCUT2D eigenvalue weighted by Crippen LogP contribution is -2.36. The minimum Gasteiger partial charge on any atom is -0.482 e. The van der Waals surface area contributed by atoms with Crippen molar-refractivity contribution in [2.45, 2.75) is 6.92 Å². The van der Waals surface area contributed by atoms with Crippen molar-refractivity contribution in [1.82, 2.24) is 0 Å². The van der Waals surface area contributed by atoms with E-state index in [1.807, 2.05) is 19.1 Å². The van der Waals surface area contributed by atoms with Crippen LogP contribution < -0.4 is 15.0 Å². The highest BCUT2D eigenvalue weighted by Crippen LogP contribution is 2.23. The molecule has 1 fully saturated rings. The first-order valence-electron chi connectivity index (χ1n) is 8.72. The van der Waals surface area contributed by atoms with Crippen molar-refractivity contribution < 1.29 is 24.2 Å². The van der Waals surface area contributed by atoms with Gasteiger partial charge in [0.25, 0.3) is 5.91 Å². The SMILES string of the molecule is Cc1cc(OCC(=O)O)ccc1NC(=O)c1ccc(N2CCOCC2)cc1. The van der Waals surface area contributed by atoms with Gasteiger partial charge in [-0.15, -0.1) is 0 Å². The van der Waals surface area contributed by atoms with Gasteiger partial charge in [-0.1, -0.05) is 0 Å². The van der Waals surface area contributed by atoms with Crippen LogP contribution in [0.1, 0.15) is 15.9 Å². The molecule has 3 rings (SSSR count). The first-order valence-corrected chi connectivity index (χ1v) is 8.72. The predicted octanol–water partition coefficient (Wildman–Crippen LogP) is 2.55. The zero-order valence-electron chi connectivity index (χ0n) is 15.1. The minimum atomic E-state index is -1.04. The summed E-state index contributed by atoms with van der Waals surface area (Å²) in [5.74, 6) is -0.792. The second-order valence-corrected chi connectivity index (χ2v) is 6.26. The number of nitrogens with one attached hydrogen (secondary N) is 1. The number of hydrogen-bond donors (Lipinski definition) is 2. The highest BCUT2D eigenvalue weighted by Gasteiger charge is 2.13. The largest absolute Gasteiger partial charge is 0.482 e. The normalized spacial score (nSPS) is 13.9. The van der Waals surface area contributed by atoms with Gasteiger partial charge in [0.2, 0.25) is 0 Å². The van der Waals surface area contributed by atoms with E-state index in [0.29, 0.717) is 30.2 Å². The van der Waals surface area contributed by atoms with Crippen molar-refractivity contribution in [3.63, 3.8) is 0 Å². The van der Waals surface area contributed by atoms with Gasteiger partial charge in [-0.05, 0) is 55.0 Å². The summed E-state index contributed by atoms with van der Waals surface area (Å²) in [4.78, 5) is 25.3. The second-order valence-electron chi connectivity index (χ2n) is 6.26. The van der Waals surface area contributed by atoms with Crippen LogP contribution in [-0.4, -0.2) is 49.9 Å². The molecular formula is C20H22N2O5. The van der Waals surface area contributed by atoms with Crippen LogP contribution in [0.4, 0.5) is 11.4 Å². The zero-order valence-corrected chi connectivity index (χ0v) is 15.1. The second kappa shape index (κ2) is 8.55. The molecule has 0 unspecified atom stereocenters. The number of carbonyl (C=O) groups excluding carboxylic acids is 1. The number of morpholine rings is 1. The van der Waals surface area contributed by atoms with E-state index in [-0.39, 0.29) is 5.91 Å². The Morgan fingerprint density at radius 2 is 1.85 bits per heavy atom. The third-order valence-electron chi connectivity index (χ3n) is 4.31. The van der Waals surface area contributed by atoms with Crippen LogP contribution in [0.25, 0.3) is 0 Å². The number of carbonyl (C=O) groups is 2. The molecule has 2 aromatic rings. The predicted molar refractivity (Wildman–Crippen MR) is 102 cm³/mol. The maximum atomic E-state index is 12.5. The lowest BCUT2D eigenvalue weighted by atomic mass is 10.1. The fraction of sp³-hybridized carbons (Fsp3) is 0.300. The van der Waals surface area contributed by atoms with Crippen molar-refractivity contribution in [3.05, 3.63) is 53.6 Å². The Balaban J connectivity index is 1.63. The summed E-state index contributed by atoms with van der Waals surface area (Å²) < 4.78 is 10.5. The average Bonchev–Trinajstić information content (AvgIpc) is 2.69. The van der Waals surface area contributed by atoms with Crippen LogP contribution in [0.3, 0.4) is 0 Å². The summed E-state index contributed by atoms with van der Waals surface area (Å²) in [7, 11) is 0. The molecular weight excluding hydrogens is 348 g/mol. The van der Waals surface area contributed by atoms with E-state index < -0.39 is 12.6 Å². The first-order chi connectivity index (χ1) is 13.0. The number of carboxylic acid groups (broad SMARTS) is 1. The van der Waals surface area contributed by atoms with E-state index >= 15 is 0 Å². The van der Waals surface area contributed by atoms with Gasteiger partial charge in [0, 0.05) is 30.0 Å². The molecule has 142 valence electrons. The molecule has 0 spiro atoms. The fourth-order valence-corrected chi connectivity index (χ4v) is 2.85. The number of anilines is 2. The third kappa shape index (κ3) is 4.98. The quantitative estimate of drug-likeness (QED) is 0.812. The third-order valence-corrected chi connectivity index (χ3v) is 4.31. The van der Waals surface area contributed by atoms with E-state index in [1.54, 1.807) is 30.3 Å². The fourth-order valence-electron chi connectivity index (χ4n) is 2.85. The average molecular weight is 370 g/mol. The number of carboxylic acids is 1. The number of aryl methyl sites for hydroxylation is 1. The maximum Gasteiger partial charge on any atom is 0.341 e.